The molecule has 16 heavy (non-hydrogen) atoms. The van der Waals surface area contributed by atoms with Gasteiger partial charge in [-0.3, -0.25) is 4.98 Å². The van der Waals surface area contributed by atoms with Gasteiger partial charge >= 0.3 is 0 Å². The lowest BCUT2D eigenvalue weighted by atomic mass is 10.1. The molecule has 1 heteroatoms. The van der Waals surface area contributed by atoms with E-state index >= 15 is 0 Å². The fourth-order valence-electron chi connectivity index (χ4n) is 1.48. The van der Waals surface area contributed by atoms with Crippen molar-refractivity contribution in [1.82, 2.24) is 4.98 Å². The van der Waals surface area contributed by atoms with Crippen LogP contribution < -0.4 is 0 Å². The largest absolute Gasteiger partial charge is 0.256 e. The van der Waals surface area contributed by atoms with E-state index in [4.69, 9.17) is 0 Å². The van der Waals surface area contributed by atoms with Gasteiger partial charge in [0.2, 0.25) is 0 Å². The van der Waals surface area contributed by atoms with Gasteiger partial charge in [0.05, 0.1) is 5.69 Å². The smallest absolute Gasteiger partial charge is 0.0701 e. The molecular formula is C15H13N. The molecule has 0 aliphatic rings. The topological polar surface area (TPSA) is 12.9 Å². The van der Waals surface area contributed by atoms with E-state index < -0.39 is 0 Å². The summed E-state index contributed by atoms with van der Waals surface area (Å²) < 4.78 is 0. The maximum Gasteiger partial charge on any atom is 0.0701 e. The number of hydrogen-bond acceptors (Lipinski definition) is 1. The maximum atomic E-state index is 4.31. The molecule has 2 rings (SSSR count). The summed E-state index contributed by atoms with van der Waals surface area (Å²) in [6.45, 7) is 3.77. The van der Waals surface area contributed by atoms with Crippen LogP contribution in [0.3, 0.4) is 0 Å². The standard InChI is InChI=1S/C15H13N/c1-2-14-9-6-12-16-15(14)11-10-13-7-4-3-5-8-13/h2-12H,1H2/b11-10+. The number of aromatic nitrogens is 1. The molecule has 1 aromatic carbocycles. The van der Waals surface area contributed by atoms with Gasteiger partial charge in [0.25, 0.3) is 0 Å². The van der Waals surface area contributed by atoms with Gasteiger partial charge in [-0.1, -0.05) is 55.1 Å². The van der Waals surface area contributed by atoms with Crippen LogP contribution >= 0.6 is 0 Å². The second kappa shape index (κ2) is 5.08. The molecule has 0 aliphatic carbocycles. The lowest BCUT2D eigenvalue weighted by Gasteiger charge is -1.98. The molecule has 1 heterocycles. The zero-order chi connectivity index (χ0) is 11.2. The minimum absolute atomic E-state index is 0.946. The Bertz CT molecular complexity index is 498. The summed E-state index contributed by atoms with van der Waals surface area (Å²) in [6.07, 6.45) is 7.66. The average molecular weight is 207 g/mol. The highest BCUT2D eigenvalue weighted by Crippen LogP contribution is 2.11. The normalized spacial score (nSPS) is 10.5. The van der Waals surface area contributed by atoms with E-state index in [1.54, 1.807) is 6.20 Å². The molecule has 1 nitrogen and oxygen atoms in total. The minimum Gasteiger partial charge on any atom is -0.256 e. The number of rotatable bonds is 3. The van der Waals surface area contributed by atoms with Crippen LogP contribution in [0.4, 0.5) is 0 Å². The lowest BCUT2D eigenvalue weighted by Crippen LogP contribution is -1.84. The van der Waals surface area contributed by atoms with Crippen LogP contribution in [0, 0.1) is 0 Å². The van der Waals surface area contributed by atoms with Crippen LogP contribution in [0.5, 0.6) is 0 Å². The molecule has 0 atom stereocenters. The Morgan fingerprint density at radius 1 is 0.938 bits per heavy atom. The highest BCUT2D eigenvalue weighted by Gasteiger charge is 1.94. The molecule has 0 amide bonds. The first kappa shape index (κ1) is 10.4. The fraction of sp³-hybridized carbons (Fsp3) is 0. The van der Waals surface area contributed by atoms with Gasteiger partial charge in [0.1, 0.15) is 0 Å². The van der Waals surface area contributed by atoms with E-state index in [-0.39, 0.29) is 0 Å². The van der Waals surface area contributed by atoms with Crippen LogP contribution in [0.25, 0.3) is 18.2 Å². The minimum atomic E-state index is 0.946. The van der Waals surface area contributed by atoms with E-state index in [1.165, 1.54) is 5.56 Å². The van der Waals surface area contributed by atoms with E-state index in [0.717, 1.165) is 11.3 Å². The Morgan fingerprint density at radius 3 is 2.50 bits per heavy atom. The lowest BCUT2D eigenvalue weighted by molar-refractivity contribution is 1.28. The van der Waals surface area contributed by atoms with Gasteiger partial charge in [-0.2, -0.15) is 0 Å². The summed E-state index contributed by atoms with van der Waals surface area (Å²) in [4.78, 5) is 4.31. The third-order valence-corrected chi connectivity index (χ3v) is 2.32. The molecule has 0 unspecified atom stereocenters. The average Bonchev–Trinajstić information content (AvgIpc) is 2.38. The fourth-order valence-corrected chi connectivity index (χ4v) is 1.48. The Hall–Kier alpha value is -2.15. The third kappa shape index (κ3) is 2.45. The van der Waals surface area contributed by atoms with Crippen molar-refractivity contribution in [2.24, 2.45) is 0 Å². The van der Waals surface area contributed by atoms with Crippen molar-refractivity contribution in [3.8, 4) is 0 Å². The molecule has 2 aromatic rings. The quantitative estimate of drug-likeness (QED) is 0.744. The van der Waals surface area contributed by atoms with Crippen molar-refractivity contribution < 1.29 is 0 Å². The third-order valence-electron chi connectivity index (χ3n) is 2.32. The Balaban J connectivity index is 2.27. The molecule has 0 saturated carbocycles. The molecule has 0 radical (unpaired) electrons. The molecular weight excluding hydrogens is 194 g/mol. The summed E-state index contributed by atoms with van der Waals surface area (Å²) >= 11 is 0. The van der Waals surface area contributed by atoms with Crippen molar-refractivity contribution in [3.05, 3.63) is 72.1 Å². The second-order valence-corrected chi connectivity index (χ2v) is 3.43. The summed E-state index contributed by atoms with van der Waals surface area (Å²) in [7, 11) is 0. The van der Waals surface area contributed by atoms with Gasteiger partial charge in [-0.15, -0.1) is 0 Å². The first-order chi connectivity index (χ1) is 7.90. The molecule has 0 fully saturated rings. The predicted octanol–water partition coefficient (Wildman–Crippen LogP) is 3.90. The van der Waals surface area contributed by atoms with Gasteiger partial charge in [0.15, 0.2) is 0 Å². The highest BCUT2D eigenvalue weighted by molar-refractivity contribution is 5.72. The monoisotopic (exact) mass is 207 g/mol. The summed E-state index contributed by atoms with van der Waals surface area (Å²) in [6, 6.07) is 14.1. The van der Waals surface area contributed by atoms with Crippen molar-refractivity contribution in [3.63, 3.8) is 0 Å². The molecule has 0 saturated heterocycles. The summed E-state index contributed by atoms with van der Waals surface area (Å²) in [5.41, 5.74) is 3.17. The van der Waals surface area contributed by atoms with Gasteiger partial charge in [-0.25, -0.2) is 0 Å². The van der Waals surface area contributed by atoms with E-state index in [1.807, 2.05) is 42.5 Å². The van der Waals surface area contributed by atoms with Crippen LogP contribution in [-0.4, -0.2) is 4.98 Å². The number of pyridine rings is 1. The van der Waals surface area contributed by atoms with Gasteiger partial charge < -0.3 is 0 Å². The van der Waals surface area contributed by atoms with Crippen LogP contribution in [-0.2, 0) is 0 Å². The first-order valence-electron chi connectivity index (χ1n) is 5.21. The maximum absolute atomic E-state index is 4.31. The van der Waals surface area contributed by atoms with Gasteiger partial charge in [0, 0.05) is 6.20 Å². The van der Waals surface area contributed by atoms with E-state index in [0.29, 0.717) is 0 Å². The van der Waals surface area contributed by atoms with Gasteiger partial charge in [-0.05, 0) is 23.3 Å². The summed E-state index contributed by atoms with van der Waals surface area (Å²) in [5.74, 6) is 0. The second-order valence-electron chi connectivity index (χ2n) is 3.43. The van der Waals surface area contributed by atoms with Crippen LogP contribution in [0.2, 0.25) is 0 Å². The van der Waals surface area contributed by atoms with E-state index in [9.17, 15) is 0 Å². The SMILES string of the molecule is C=Cc1cccnc1/C=C/c1ccccc1. The Labute approximate surface area is 95.8 Å². The van der Waals surface area contributed by atoms with Crippen molar-refractivity contribution in [1.29, 1.82) is 0 Å². The summed E-state index contributed by atoms with van der Waals surface area (Å²) in [5, 5.41) is 0. The molecule has 0 spiro atoms. The zero-order valence-electron chi connectivity index (χ0n) is 9.01. The van der Waals surface area contributed by atoms with E-state index in [2.05, 4.69) is 29.8 Å². The number of benzene rings is 1. The zero-order valence-corrected chi connectivity index (χ0v) is 9.01. The first-order valence-corrected chi connectivity index (χ1v) is 5.21. The van der Waals surface area contributed by atoms with Crippen LogP contribution in [0.1, 0.15) is 16.8 Å². The van der Waals surface area contributed by atoms with Crippen LogP contribution in [0.15, 0.2) is 55.2 Å². The molecule has 78 valence electrons. The number of nitrogens with zero attached hydrogens (tertiary/aromatic N) is 1. The van der Waals surface area contributed by atoms with Crippen molar-refractivity contribution in [2.45, 2.75) is 0 Å². The molecule has 1 aromatic heterocycles. The molecule has 0 N–H and O–H groups in total. The highest BCUT2D eigenvalue weighted by atomic mass is 14.7. The molecule has 0 aliphatic heterocycles. The van der Waals surface area contributed by atoms with Crippen molar-refractivity contribution in [2.75, 3.05) is 0 Å². The van der Waals surface area contributed by atoms with Crippen molar-refractivity contribution >= 4 is 18.2 Å². The molecule has 0 bridgehead atoms. The number of hydrogen-bond donors (Lipinski definition) is 0. The Morgan fingerprint density at radius 2 is 1.75 bits per heavy atom. The Kier molecular flexibility index (Phi) is 3.29. The predicted molar refractivity (Wildman–Crippen MR) is 69.7 cm³/mol.